The Bertz CT molecular complexity index is 1190. The molecule has 0 spiro atoms. The van der Waals surface area contributed by atoms with Crippen LogP contribution in [0.3, 0.4) is 0 Å². The van der Waals surface area contributed by atoms with Crippen LogP contribution in [0.15, 0.2) is 52.8 Å². The van der Waals surface area contributed by atoms with Crippen LogP contribution in [-0.2, 0) is 22.3 Å². The Morgan fingerprint density at radius 1 is 1.21 bits per heavy atom. The predicted octanol–water partition coefficient (Wildman–Crippen LogP) is 5.36. The van der Waals surface area contributed by atoms with Gasteiger partial charge in [-0.25, -0.2) is 13.0 Å². The number of hydrogen-bond acceptors (Lipinski definition) is 6. The molecule has 3 fully saturated rings. The van der Waals surface area contributed by atoms with Crippen LogP contribution < -0.4 is 4.31 Å². The summed E-state index contributed by atoms with van der Waals surface area (Å²) < 4.78 is 46.3. The molecule has 0 N–H and O–H groups in total. The highest BCUT2D eigenvalue weighted by molar-refractivity contribution is 7.87. The molecular formula is C29H37F2N5O2S. The van der Waals surface area contributed by atoms with Gasteiger partial charge >= 0.3 is 0 Å². The summed E-state index contributed by atoms with van der Waals surface area (Å²) in [6, 6.07) is 12.2. The highest BCUT2D eigenvalue weighted by atomic mass is 32.2. The van der Waals surface area contributed by atoms with Crippen molar-refractivity contribution in [1.82, 2.24) is 9.88 Å². The molecule has 3 aliphatic rings. The smallest absolute Gasteiger partial charge is 0.272 e. The van der Waals surface area contributed by atoms with E-state index in [0.717, 1.165) is 55.1 Å². The van der Waals surface area contributed by atoms with Crippen molar-refractivity contribution in [3.8, 4) is 0 Å². The lowest BCUT2D eigenvalue weighted by atomic mass is 9.92. The fourth-order valence-electron chi connectivity index (χ4n) is 6.46. The lowest BCUT2D eigenvalue weighted by molar-refractivity contribution is 0.0765. The Hall–Kier alpha value is -2.72. The van der Waals surface area contributed by atoms with Crippen molar-refractivity contribution in [1.29, 1.82) is 0 Å². The Labute approximate surface area is 231 Å². The first-order chi connectivity index (χ1) is 18.9. The largest absolute Gasteiger partial charge is 0.470 e. The van der Waals surface area contributed by atoms with Gasteiger partial charge in [-0.3, -0.25) is 9.29 Å². The summed E-state index contributed by atoms with van der Waals surface area (Å²) in [4.78, 5) is 7.18. The van der Waals surface area contributed by atoms with Crippen molar-refractivity contribution >= 4 is 29.3 Å². The van der Waals surface area contributed by atoms with Gasteiger partial charge in [0.25, 0.3) is 6.43 Å². The van der Waals surface area contributed by atoms with E-state index < -0.39 is 24.0 Å². The summed E-state index contributed by atoms with van der Waals surface area (Å²) in [6.07, 6.45) is 6.25. The van der Waals surface area contributed by atoms with E-state index in [-0.39, 0.29) is 11.1 Å². The first kappa shape index (κ1) is 27.8. The maximum atomic E-state index is 14.0. The lowest BCUT2D eigenvalue weighted by Crippen LogP contribution is -2.47. The van der Waals surface area contributed by atoms with E-state index in [1.165, 1.54) is 31.9 Å². The van der Waals surface area contributed by atoms with Gasteiger partial charge in [-0.2, -0.15) is 5.10 Å². The first-order valence-corrected chi connectivity index (χ1v) is 15.0. The van der Waals surface area contributed by atoms with Crippen molar-refractivity contribution in [3.05, 3.63) is 59.4 Å². The number of pyridine rings is 1. The molecule has 39 heavy (non-hydrogen) atoms. The SMILES string of the molecule is C=N/N=C(\OCC(F)F)c1ccc(CN(c2cccc(C)c2)S(=O)C2CCN(C3CC4CCC3C4)CC2)nc1. The maximum Gasteiger partial charge on any atom is 0.272 e. The zero-order valence-corrected chi connectivity index (χ0v) is 23.2. The summed E-state index contributed by atoms with van der Waals surface area (Å²) in [5.41, 5.74) is 3.11. The molecule has 2 aromatic rings. The summed E-state index contributed by atoms with van der Waals surface area (Å²) in [5.74, 6) is 1.73. The fraction of sp³-hybridized carbons (Fsp3) is 0.552. The second kappa shape index (κ2) is 12.6. The number of fused-ring (bicyclic) bond motifs is 2. The van der Waals surface area contributed by atoms with Gasteiger partial charge in [0.1, 0.15) is 11.0 Å². The molecule has 1 aromatic carbocycles. The number of anilines is 1. The minimum Gasteiger partial charge on any atom is -0.470 e. The van der Waals surface area contributed by atoms with Crippen molar-refractivity contribution in [3.63, 3.8) is 0 Å². The van der Waals surface area contributed by atoms with Gasteiger partial charge in [-0.05, 0) is 93.8 Å². The van der Waals surface area contributed by atoms with Crippen molar-refractivity contribution in [2.75, 3.05) is 24.0 Å². The molecule has 10 heteroatoms. The Morgan fingerprint density at radius 2 is 2.03 bits per heavy atom. The number of likely N-dealkylation sites (tertiary alicyclic amines) is 1. The molecule has 210 valence electrons. The fourth-order valence-corrected chi connectivity index (χ4v) is 8.01. The van der Waals surface area contributed by atoms with Gasteiger partial charge in [-0.1, -0.05) is 18.6 Å². The maximum absolute atomic E-state index is 14.0. The van der Waals surface area contributed by atoms with Crippen LogP contribution in [0.5, 0.6) is 0 Å². The van der Waals surface area contributed by atoms with Gasteiger partial charge in [0, 0.05) is 24.6 Å². The number of nitrogens with zero attached hydrogens (tertiary/aromatic N) is 5. The normalized spacial score (nSPS) is 24.7. The molecule has 2 aliphatic carbocycles. The number of piperidine rings is 1. The number of ether oxygens (including phenoxy) is 1. The third-order valence-electron chi connectivity index (χ3n) is 8.32. The predicted molar refractivity (Wildman–Crippen MR) is 152 cm³/mol. The molecule has 5 rings (SSSR count). The van der Waals surface area contributed by atoms with Gasteiger partial charge in [-0.15, -0.1) is 5.10 Å². The minimum atomic E-state index is -2.63. The molecule has 1 aromatic heterocycles. The van der Waals surface area contributed by atoms with Gasteiger partial charge in [0.15, 0.2) is 6.61 Å². The van der Waals surface area contributed by atoms with Crippen LogP contribution in [0.25, 0.3) is 0 Å². The van der Waals surface area contributed by atoms with Crippen molar-refractivity contribution in [2.24, 2.45) is 22.0 Å². The number of aryl methyl sites for hydroxylation is 1. The molecule has 2 heterocycles. The highest BCUT2D eigenvalue weighted by Crippen LogP contribution is 2.47. The number of benzene rings is 1. The molecule has 2 saturated carbocycles. The second-order valence-electron chi connectivity index (χ2n) is 10.9. The summed E-state index contributed by atoms with van der Waals surface area (Å²) in [5, 5.41) is 7.22. The molecule has 4 unspecified atom stereocenters. The van der Waals surface area contributed by atoms with Gasteiger partial charge in [0.2, 0.25) is 5.90 Å². The molecule has 1 aliphatic heterocycles. The van der Waals surface area contributed by atoms with E-state index >= 15 is 0 Å². The first-order valence-electron chi connectivity index (χ1n) is 13.8. The standard InChI is InChI=1S/C29H37F2N5O2S/c1-20-4-3-5-25(14-20)36(18-24-9-8-23(17-33-24)29(34-32-2)38-19-28(30)31)39(37)26-10-12-35(13-11-26)27-16-21-6-7-22(27)15-21/h3-5,8-9,14,17,21-22,26-28H,2,6-7,10-13,15-16,18-19H2,1H3/b34-29-. The average Bonchev–Trinajstić information content (AvgIpc) is 3.58. The average molecular weight is 558 g/mol. The zero-order valence-electron chi connectivity index (χ0n) is 22.4. The lowest BCUT2D eigenvalue weighted by Gasteiger charge is -2.40. The molecule has 4 atom stereocenters. The third-order valence-corrected chi connectivity index (χ3v) is 10.1. The topological polar surface area (TPSA) is 70.4 Å². The van der Waals surface area contributed by atoms with E-state index in [4.69, 9.17) is 4.74 Å². The number of aromatic nitrogens is 1. The number of rotatable bonds is 10. The molecule has 1 saturated heterocycles. The van der Waals surface area contributed by atoms with Crippen LogP contribution in [0, 0.1) is 18.8 Å². The summed E-state index contributed by atoms with van der Waals surface area (Å²) in [7, 11) is -1.24. The van der Waals surface area contributed by atoms with Crippen molar-refractivity contribution in [2.45, 2.75) is 69.7 Å². The van der Waals surface area contributed by atoms with E-state index in [9.17, 15) is 13.0 Å². The van der Waals surface area contributed by atoms with Crippen LogP contribution in [0.4, 0.5) is 14.5 Å². The summed E-state index contributed by atoms with van der Waals surface area (Å²) in [6.45, 7) is 6.89. The number of hydrogen-bond donors (Lipinski definition) is 0. The number of alkyl halides is 2. The molecule has 7 nitrogen and oxygen atoms in total. The van der Waals surface area contributed by atoms with Gasteiger partial charge < -0.3 is 9.64 Å². The van der Waals surface area contributed by atoms with Crippen LogP contribution in [0.1, 0.15) is 55.3 Å². The Morgan fingerprint density at radius 3 is 2.64 bits per heavy atom. The number of halogens is 2. The quantitative estimate of drug-likeness (QED) is 0.224. The Balaban J connectivity index is 1.28. The van der Waals surface area contributed by atoms with E-state index in [2.05, 4.69) is 32.9 Å². The molecule has 0 radical (unpaired) electrons. The van der Waals surface area contributed by atoms with Crippen molar-refractivity contribution < 1.29 is 17.7 Å². The highest BCUT2D eigenvalue weighted by Gasteiger charge is 2.43. The van der Waals surface area contributed by atoms with Gasteiger partial charge in [0.05, 0.1) is 23.1 Å². The zero-order chi connectivity index (χ0) is 27.4. The third kappa shape index (κ3) is 6.72. The summed E-state index contributed by atoms with van der Waals surface area (Å²) >= 11 is 0. The molecular weight excluding hydrogens is 520 g/mol. The van der Waals surface area contributed by atoms with E-state index in [1.807, 2.05) is 29.4 Å². The monoisotopic (exact) mass is 557 g/mol. The van der Waals surface area contributed by atoms with E-state index in [0.29, 0.717) is 17.8 Å². The van der Waals surface area contributed by atoms with Crippen LogP contribution >= 0.6 is 0 Å². The van der Waals surface area contributed by atoms with E-state index in [1.54, 1.807) is 12.1 Å². The molecule has 2 bridgehead atoms. The Kier molecular flexibility index (Phi) is 9.02. The molecule has 0 amide bonds. The van der Waals surface area contributed by atoms with Crippen LogP contribution in [0.2, 0.25) is 0 Å². The minimum absolute atomic E-state index is 0.0642. The second-order valence-corrected chi connectivity index (χ2v) is 12.6. The van der Waals surface area contributed by atoms with Crippen LogP contribution in [-0.4, -0.2) is 64.1 Å².